The van der Waals surface area contributed by atoms with Crippen molar-refractivity contribution >= 4 is 16.4 Å². The summed E-state index contributed by atoms with van der Waals surface area (Å²) in [5.41, 5.74) is 11.0. The standard InChI is InChI=1S/2C15H11.CH2.2ClH.Zr/c2*1-2-6-12(7-3-1)14-10-4-8-13-9-5-11-15(13)14;;;;/h2*1-11H;1H2;2*1H;/q;;;;;+2/p-2. The van der Waals surface area contributed by atoms with Gasteiger partial charge in [-0.05, 0) is 0 Å². The van der Waals surface area contributed by atoms with E-state index in [1.807, 2.05) is 0 Å². The van der Waals surface area contributed by atoms with Crippen LogP contribution in [0.15, 0.2) is 109 Å². The van der Waals surface area contributed by atoms with E-state index in [1.165, 1.54) is 44.5 Å². The van der Waals surface area contributed by atoms with Crippen molar-refractivity contribution in [3.8, 4) is 22.3 Å². The zero-order valence-electron chi connectivity index (χ0n) is 18.7. The van der Waals surface area contributed by atoms with Crippen LogP contribution in [0.4, 0.5) is 0 Å². The zero-order valence-corrected chi connectivity index (χ0v) is 22.6. The van der Waals surface area contributed by atoms with E-state index in [-0.39, 0.29) is 24.8 Å². The van der Waals surface area contributed by atoms with Gasteiger partial charge in [0.15, 0.2) is 0 Å². The van der Waals surface area contributed by atoms with E-state index in [0.717, 1.165) is 0 Å². The van der Waals surface area contributed by atoms with Gasteiger partial charge < -0.3 is 24.8 Å². The minimum atomic E-state index is -2.13. The predicted octanol–water partition coefficient (Wildman–Crippen LogP) is 1.91. The monoisotopic (exact) mass is 556 g/mol. The van der Waals surface area contributed by atoms with Gasteiger partial charge in [0, 0.05) is 0 Å². The number of hydrogen-bond acceptors (Lipinski definition) is 0. The van der Waals surface area contributed by atoms with Crippen LogP contribution in [0.2, 0.25) is 0 Å². The molecule has 0 heterocycles. The van der Waals surface area contributed by atoms with Gasteiger partial charge in [0.05, 0.1) is 0 Å². The number of hydrogen-bond donors (Lipinski definition) is 0. The molecule has 0 saturated carbocycles. The van der Waals surface area contributed by atoms with E-state index in [0.29, 0.717) is 7.25 Å². The third kappa shape index (κ3) is 4.27. The molecule has 2 aliphatic rings. The molecule has 0 N–H and O–H groups in total. The molecule has 0 aromatic heterocycles. The van der Waals surface area contributed by atoms with Crippen LogP contribution in [0.5, 0.6) is 0 Å². The molecule has 0 radical (unpaired) electrons. The van der Waals surface area contributed by atoms with Crippen LogP contribution in [0, 0.1) is 0 Å². The van der Waals surface area contributed by atoms with Crippen LogP contribution >= 0.6 is 0 Å². The SMILES string of the molecule is [CH2]=[Zr+2]([CH]1C=Cc2c(-c3ccccc3)cccc21)[CH]1C=Cc2c(-c3ccccc3)cccc21.[Cl-].[Cl-]. The fourth-order valence-electron chi connectivity index (χ4n) is 5.25. The maximum absolute atomic E-state index is 4.90. The van der Waals surface area contributed by atoms with Gasteiger partial charge in [-0.2, -0.15) is 0 Å². The Bertz CT molecular complexity index is 1280. The molecule has 0 aliphatic heterocycles. The van der Waals surface area contributed by atoms with Gasteiger partial charge in [-0.15, -0.1) is 0 Å². The first-order valence-corrected chi connectivity index (χ1v) is 15.8. The minimum Gasteiger partial charge on any atom is -1.00 e. The van der Waals surface area contributed by atoms with Gasteiger partial charge in [0.25, 0.3) is 0 Å². The molecular weight excluding hydrogens is 534 g/mol. The Kier molecular flexibility index (Phi) is 7.68. The molecular formula is C31H24Cl2Zr. The van der Waals surface area contributed by atoms with Gasteiger partial charge in [0.1, 0.15) is 0 Å². The van der Waals surface area contributed by atoms with Gasteiger partial charge in [-0.25, -0.2) is 0 Å². The number of benzene rings is 4. The number of fused-ring (bicyclic) bond motifs is 2. The summed E-state index contributed by atoms with van der Waals surface area (Å²) < 4.78 is 5.92. The van der Waals surface area contributed by atoms with Crippen molar-refractivity contribution in [2.24, 2.45) is 0 Å². The Hall–Kier alpha value is -2.31. The molecule has 3 heteroatoms. The average Bonchev–Trinajstić information content (AvgIpc) is 3.49. The Balaban J connectivity index is 0.00000137. The normalized spacial score (nSPS) is 16.6. The molecule has 2 aliphatic carbocycles. The Morgan fingerprint density at radius 3 is 1.32 bits per heavy atom. The van der Waals surface area contributed by atoms with Crippen molar-refractivity contribution in [2.45, 2.75) is 7.25 Å². The molecule has 4 aromatic carbocycles. The topological polar surface area (TPSA) is 0 Å². The van der Waals surface area contributed by atoms with Crippen LogP contribution in [-0.2, 0) is 21.3 Å². The van der Waals surface area contributed by atoms with Gasteiger partial charge >= 0.3 is 199 Å². The van der Waals surface area contributed by atoms with Gasteiger partial charge in [-0.1, -0.05) is 0 Å². The molecule has 0 fully saturated rings. The summed E-state index contributed by atoms with van der Waals surface area (Å²) >= 11 is -2.13. The number of halogens is 2. The minimum absolute atomic E-state index is 0. The summed E-state index contributed by atoms with van der Waals surface area (Å²) in [6, 6.07) is 35.1. The molecule has 0 nitrogen and oxygen atoms in total. The molecule has 2 unspecified atom stereocenters. The second-order valence-electron chi connectivity index (χ2n) is 8.60. The molecule has 2 atom stereocenters. The van der Waals surface area contributed by atoms with Crippen molar-refractivity contribution in [1.82, 2.24) is 0 Å². The molecule has 0 saturated heterocycles. The fourth-order valence-corrected chi connectivity index (χ4v) is 11.1. The molecule has 0 spiro atoms. The van der Waals surface area contributed by atoms with Crippen LogP contribution in [0.25, 0.3) is 34.4 Å². The molecule has 6 rings (SSSR count). The Labute approximate surface area is 222 Å². The van der Waals surface area contributed by atoms with E-state index in [9.17, 15) is 0 Å². The van der Waals surface area contributed by atoms with Gasteiger partial charge in [-0.3, -0.25) is 0 Å². The van der Waals surface area contributed by atoms with Crippen LogP contribution in [0.3, 0.4) is 0 Å². The Morgan fingerprint density at radius 2 is 0.912 bits per heavy atom. The second kappa shape index (κ2) is 10.5. The van der Waals surface area contributed by atoms with E-state index in [4.69, 9.17) is 4.21 Å². The number of allylic oxidation sites excluding steroid dienone is 2. The Morgan fingerprint density at radius 1 is 0.500 bits per heavy atom. The van der Waals surface area contributed by atoms with Crippen LogP contribution in [0.1, 0.15) is 29.5 Å². The van der Waals surface area contributed by atoms with Crippen LogP contribution in [-0.4, -0.2) is 4.21 Å². The van der Waals surface area contributed by atoms with Crippen molar-refractivity contribution in [3.05, 3.63) is 131 Å². The number of rotatable bonds is 4. The smallest absolute Gasteiger partial charge is 1.00 e. The third-order valence-corrected chi connectivity index (χ3v) is 13.2. The molecule has 166 valence electrons. The van der Waals surface area contributed by atoms with Gasteiger partial charge in [0.2, 0.25) is 0 Å². The van der Waals surface area contributed by atoms with Crippen LogP contribution < -0.4 is 24.8 Å². The summed E-state index contributed by atoms with van der Waals surface area (Å²) in [7, 11) is 0. The van der Waals surface area contributed by atoms with Crippen molar-refractivity contribution in [3.63, 3.8) is 0 Å². The van der Waals surface area contributed by atoms with Crippen molar-refractivity contribution in [1.29, 1.82) is 0 Å². The predicted molar refractivity (Wildman–Crippen MR) is 134 cm³/mol. The largest absolute Gasteiger partial charge is 1.00 e. The summed E-state index contributed by atoms with van der Waals surface area (Å²) in [6.07, 6.45) is 9.61. The quantitative estimate of drug-likeness (QED) is 0.359. The van der Waals surface area contributed by atoms with E-state index in [1.54, 1.807) is 0 Å². The summed E-state index contributed by atoms with van der Waals surface area (Å²) in [6.45, 7) is 0. The first kappa shape index (κ1) is 24.8. The fraction of sp³-hybridized carbons (Fsp3) is 0.0645. The first-order valence-electron chi connectivity index (χ1n) is 11.2. The third-order valence-electron chi connectivity index (χ3n) is 6.83. The molecule has 4 aromatic rings. The molecule has 0 amide bonds. The maximum atomic E-state index is 4.90. The summed E-state index contributed by atoms with van der Waals surface area (Å²) in [5.74, 6) is 0. The first-order chi connectivity index (χ1) is 15.8. The van der Waals surface area contributed by atoms with E-state index in [2.05, 4.69) is 121 Å². The van der Waals surface area contributed by atoms with Crippen molar-refractivity contribution in [2.75, 3.05) is 0 Å². The molecule has 34 heavy (non-hydrogen) atoms. The van der Waals surface area contributed by atoms with Crippen molar-refractivity contribution < 1.29 is 46.1 Å². The molecule has 0 bridgehead atoms. The van der Waals surface area contributed by atoms with E-state index < -0.39 is 21.3 Å². The summed E-state index contributed by atoms with van der Waals surface area (Å²) in [4.78, 5) is 0. The zero-order chi connectivity index (χ0) is 21.5. The summed E-state index contributed by atoms with van der Waals surface area (Å²) in [5, 5.41) is 0. The second-order valence-corrected chi connectivity index (χ2v) is 14.5. The maximum Gasteiger partial charge on any atom is -1.00 e. The average molecular weight is 559 g/mol. The van der Waals surface area contributed by atoms with E-state index >= 15 is 0 Å².